The van der Waals surface area contributed by atoms with Crippen molar-refractivity contribution in [2.24, 2.45) is 0 Å². The van der Waals surface area contributed by atoms with Gasteiger partial charge in [0.05, 0.1) is 4.92 Å². The van der Waals surface area contributed by atoms with E-state index in [2.05, 4.69) is 0 Å². The third-order valence-electron chi connectivity index (χ3n) is 3.14. The van der Waals surface area contributed by atoms with Crippen LogP contribution >= 0.6 is 0 Å². The molecule has 0 atom stereocenters. The molecule has 0 aromatic heterocycles. The monoisotopic (exact) mass is 296 g/mol. The van der Waals surface area contributed by atoms with Gasteiger partial charge in [0.15, 0.2) is 0 Å². The lowest BCUT2D eigenvalue weighted by Crippen LogP contribution is -2.23. The summed E-state index contributed by atoms with van der Waals surface area (Å²) in [5.74, 6) is -0.157. The Morgan fingerprint density at radius 1 is 1.18 bits per heavy atom. The Labute approximate surface area is 128 Å². The van der Waals surface area contributed by atoms with E-state index in [1.165, 1.54) is 18.2 Å². The highest BCUT2D eigenvalue weighted by Crippen LogP contribution is 2.14. The number of amides is 1. The van der Waals surface area contributed by atoms with Gasteiger partial charge >= 0.3 is 0 Å². The van der Waals surface area contributed by atoms with E-state index < -0.39 is 4.92 Å². The summed E-state index contributed by atoms with van der Waals surface area (Å²) in [5, 5.41) is 10.7. The molecule has 5 nitrogen and oxygen atoms in total. The summed E-state index contributed by atoms with van der Waals surface area (Å²) in [7, 11) is 1.72. The molecule has 0 aliphatic rings. The Bertz CT molecular complexity index is 696. The highest BCUT2D eigenvalue weighted by molar-refractivity contribution is 5.91. The zero-order valence-corrected chi connectivity index (χ0v) is 12.2. The minimum absolute atomic E-state index is 0.00670. The van der Waals surface area contributed by atoms with Gasteiger partial charge in [-0.3, -0.25) is 14.9 Å². The number of rotatable bonds is 5. The second kappa shape index (κ2) is 7.17. The van der Waals surface area contributed by atoms with Crippen LogP contribution in [-0.2, 0) is 11.3 Å². The Balaban J connectivity index is 2.01. The van der Waals surface area contributed by atoms with Crippen molar-refractivity contribution < 1.29 is 9.72 Å². The van der Waals surface area contributed by atoms with E-state index in [-0.39, 0.29) is 11.6 Å². The van der Waals surface area contributed by atoms with Crippen molar-refractivity contribution >= 4 is 17.7 Å². The first-order valence-corrected chi connectivity index (χ1v) is 6.78. The first kappa shape index (κ1) is 15.4. The highest BCUT2D eigenvalue weighted by atomic mass is 16.6. The summed E-state index contributed by atoms with van der Waals surface area (Å²) in [5.41, 5.74) is 1.67. The van der Waals surface area contributed by atoms with Crippen LogP contribution in [0.2, 0.25) is 0 Å². The Hall–Kier alpha value is -2.95. The number of likely N-dealkylation sites (N-methyl/N-ethyl adjacent to an activating group) is 1. The van der Waals surface area contributed by atoms with E-state index >= 15 is 0 Å². The molecule has 0 heterocycles. The van der Waals surface area contributed by atoms with Gasteiger partial charge in [0, 0.05) is 31.8 Å². The van der Waals surface area contributed by atoms with Crippen LogP contribution in [0.25, 0.3) is 6.08 Å². The first-order valence-electron chi connectivity index (χ1n) is 6.78. The van der Waals surface area contributed by atoms with Crippen LogP contribution in [0.4, 0.5) is 5.69 Å². The largest absolute Gasteiger partial charge is 0.338 e. The molecular formula is C17H16N2O3. The molecule has 0 N–H and O–H groups in total. The average Bonchev–Trinajstić information content (AvgIpc) is 2.53. The topological polar surface area (TPSA) is 63.5 Å². The molecule has 2 aromatic carbocycles. The molecule has 5 heteroatoms. The van der Waals surface area contributed by atoms with Gasteiger partial charge in [-0.05, 0) is 17.2 Å². The fraction of sp³-hybridized carbons (Fsp3) is 0.118. The number of carbonyl (C=O) groups is 1. The molecule has 0 aliphatic carbocycles. The van der Waals surface area contributed by atoms with E-state index in [0.29, 0.717) is 12.1 Å². The van der Waals surface area contributed by atoms with Gasteiger partial charge in [-0.1, -0.05) is 42.5 Å². The summed E-state index contributed by atoms with van der Waals surface area (Å²) < 4.78 is 0. The van der Waals surface area contributed by atoms with Crippen molar-refractivity contribution in [2.75, 3.05) is 7.05 Å². The fourth-order valence-corrected chi connectivity index (χ4v) is 1.97. The van der Waals surface area contributed by atoms with Crippen LogP contribution in [0.15, 0.2) is 60.7 Å². The van der Waals surface area contributed by atoms with E-state index in [1.807, 2.05) is 30.3 Å². The normalized spacial score (nSPS) is 10.6. The van der Waals surface area contributed by atoms with Gasteiger partial charge in [-0.2, -0.15) is 0 Å². The zero-order chi connectivity index (χ0) is 15.9. The van der Waals surface area contributed by atoms with E-state index in [0.717, 1.165) is 5.56 Å². The van der Waals surface area contributed by atoms with Crippen LogP contribution in [-0.4, -0.2) is 22.8 Å². The molecular weight excluding hydrogens is 280 g/mol. The van der Waals surface area contributed by atoms with E-state index in [9.17, 15) is 14.9 Å². The lowest BCUT2D eigenvalue weighted by molar-refractivity contribution is -0.384. The lowest BCUT2D eigenvalue weighted by Gasteiger charge is -2.14. The number of non-ortho nitro benzene ring substituents is 1. The molecule has 0 saturated carbocycles. The Morgan fingerprint density at radius 3 is 2.59 bits per heavy atom. The van der Waals surface area contributed by atoms with Crippen molar-refractivity contribution in [1.29, 1.82) is 0 Å². The van der Waals surface area contributed by atoms with Crippen LogP contribution in [0, 0.1) is 10.1 Å². The zero-order valence-electron chi connectivity index (χ0n) is 12.2. The van der Waals surface area contributed by atoms with Crippen molar-refractivity contribution in [1.82, 2.24) is 4.90 Å². The molecule has 0 unspecified atom stereocenters. The molecule has 0 fully saturated rings. The SMILES string of the molecule is CN(Cc1ccccc1)C(=O)C=Cc1cccc([N+](=O)[O-])c1. The summed E-state index contributed by atoms with van der Waals surface area (Å²) in [4.78, 5) is 23.9. The maximum atomic E-state index is 12.0. The van der Waals surface area contributed by atoms with E-state index in [1.54, 1.807) is 30.2 Å². The number of nitrogens with zero attached hydrogens (tertiary/aromatic N) is 2. The lowest BCUT2D eigenvalue weighted by atomic mass is 10.2. The van der Waals surface area contributed by atoms with Gasteiger partial charge in [0.25, 0.3) is 5.69 Å². The third-order valence-corrected chi connectivity index (χ3v) is 3.14. The minimum atomic E-state index is -0.458. The van der Waals surface area contributed by atoms with E-state index in [4.69, 9.17) is 0 Å². The predicted molar refractivity (Wildman–Crippen MR) is 85.0 cm³/mol. The highest BCUT2D eigenvalue weighted by Gasteiger charge is 2.07. The fourth-order valence-electron chi connectivity index (χ4n) is 1.97. The second-order valence-corrected chi connectivity index (χ2v) is 4.87. The molecule has 2 aromatic rings. The minimum Gasteiger partial charge on any atom is -0.338 e. The molecule has 22 heavy (non-hydrogen) atoms. The summed E-state index contributed by atoms with van der Waals surface area (Å²) >= 11 is 0. The number of benzene rings is 2. The van der Waals surface area contributed by atoms with Crippen molar-refractivity contribution in [2.45, 2.75) is 6.54 Å². The Morgan fingerprint density at radius 2 is 1.91 bits per heavy atom. The quantitative estimate of drug-likeness (QED) is 0.483. The maximum Gasteiger partial charge on any atom is 0.270 e. The standard InChI is InChI=1S/C17H16N2O3/c1-18(13-15-6-3-2-4-7-15)17(20)11-10-14-8-5-9-16(12-14)19(21)22/h2-12H,13H2,1H3. The van der Waals surface area contributed by atoms with Crippen molar-refractivity contribution in [3.8, 4) is 0 Å². The van der Waals surface area contributed by atoms with Gasteiger partial charge in [-0.15, -0.1) is 0 Å². The molecule has 0 bridgehead atoms. The number of nitro groups is 1. The summed E-state index contributed by atoms with van der Waals surface area (Å²) in [6, 6.07) is 15.8. The Kier molecular flexibility index (Phi) is 5.03. The van der Waals surface area contributed by atoms with Crippen LogP contribution < -0.4 is 0 Å². The van der Waals surface area contributed by atoms with Crippen molar-refractivity contribution in [3.05, 3.63) is 81.9 Å². The van der Waals surface area contributed by atoms with Gasteiger partial charge in [0.2, 0.25) is 5.91 Å². The maximum absolute atomic E-state index is 12.0. The average molecular weight is 296 g/mol. The van der Waals surface area contributed by atoms with Gasteiger partial charge in [-0.25, -0.2) is 0 Å². The number of hydrogen-bond donors (Lipinski definition) is 0. The summed E-state index contributed by atoms with van der Waals surface area (Å²) in [6.45, 7) is 0.513. The predicted octanol–water partition coefficient (Wildman–Crippen LogP) is 3.27. The smallest absolute Gasteiger partial charge is 0.270 e. The first-order chi connectivity index (χ1) is 10.6. The molecule has 2 rings (SSSR count). The molecule has 0 aliphatic heterocycles. The van der Waals surface area contributed by atoms with Crippen molar-refractivity contribution in [3.63, 3.8) is 0 Å². The van der Waals surface area contributed by atoms with Crippen LogP contribution in [0.1, 0.15) is 11.1 Å². The number of nitro benzene ring substituents is 1. The van der Waals surface area contributed by atoms with Crippen LogP contribution in [0.3, 0.4) is 0 Å². The number of hydrogen-bond acceptors (Lipinski definition) is 3. The molecule has 112 valence electrons. The molecule has 0 spiro atoms. The van der Waals surface area contributed by atoms with Gasteiger partial charge < -0.3 is 4.90 Å². The number of carbonyl (C=O) groups excluding carboxylic acids is 1. The molecule has 0 radical (unpaired) electrons. The van der Waals surface area contributed by atoms with Crippen LogP contribution in [0.5, 0.6) is 0 Å². The van der Waals surface area contributed by atoms with Gasteiger partial charge in [0.1, 0.15) is 0 Å². The third kappa shape index (κ3) is 4.28. The molecule has 0 saturated heterocycles. The second-order valence-electron chi connectivity index (χ2n) is 4.87. The molecule has 1 amide bonds. The summed E-state index contributed by atoms with van der Waals surface area (Å²) in [6.07, 6.45) is 3.00.